The maximum absolute atomic E-state index is 12.3. The van der Waals surface area contributed by atoms with Crippen molar-refractivity contribution in [3.05, 3.63) is 47.2 Å². The molecule has 0 aliphatic carbocycles. The molecule has 4 rings (SSSR count). The maximum Gasteiger partial charge on any atom is 0.272 e. The summed E-state index contributed by atoms with van der Waals surface area (Å²) in [6, 6.07) is 5.64. The third kappa shape index (κ3) is 2.13. The van der Waals surface area contributed by atoms with Crippen molar-refractivity contribution in [2.75, 3.05) is 6.61 Å². The molecule has 1 aliphatic heterocycles. The fraction of sp³-hybridized carbons (Fsp3) is 0.286. The summed E-state index contributed by atoms with van der Waals surface area (Å²) in [4.78, 5) is 16.5. The summed E-state index contributed by atoms with van der Waals surface area (Å²) >= 11 is 0. The highest BCUT2D eigenvalue weighted by Gasteiger charge is 2.22. The van der Waals surface area contributed by atoms with Gasteiger partial charge < -0.3 is 10.1 Å². The summed E-state index contributed by atoms with van der Waals surface area (Å²) < 4.78 is 7.09. The Labute approximate surface area is 125 Å². The van der Waals surface area contributed by atoms with Crippen LogP contribution in [0.4, 0.5) is 0 Å². The standard InChI is InChI=1S/C14H14N6O2/c21-14(13-10-7-22-5-4-11(10)18-19-13)15-6-9-2-1-3-12-16-8-17-20(9)12/h1-3,8H,4-7H2,(H,15,21)(H,18,19). The number of hydrogen-bond acceptors (Lipinski definition) is 5. The SMILES string of the molecule is O=C(NCc1cccc2ncnn12)c1n[nH]c2c1COCC2. The largest absolute Gasteiger partial charge is 0.376 e. The first kappa shape index (κ1) is 13.0. The zero-order chi connectivity index (χ0) is 14.9. The van der Waals surface area contributed by atoms with E-state index < -0.39 is 0 Å². The van der Waals surface area contributed by atoms with Gasteiger partial charge in [0.1, 0.15) is 6.33 Å². The number of nitrogens with one attached hydrogen (secondary N) is 2. The van der Waals surface area contributed by atoms with Crippen molar-refractivity contribution < 1.29 is 9.53 Å². The lowest BCUT2D eigenvalue weighted by atomic mass is 10.1. The average Bonchev–Trinajstić information content (AvgIpc) is 3.19. The van der Waals surface area contributed by atoms with Crippen LogP contribution in [0.1, 0.15) is 27.4 Å². The van der Waals surface area contributed by atoms with Crippen molar-refractivity contribution in [3.8, 4) is 0 Å². The Bertz CT molecular complexity index is 837. The first-order valence-electron chi connectivity index (χ1n) is 7.02. The second-order valence-corrected chi connectivity index (χ2v) is 5.06. The summed E-state index contributed by atoms with van der Waals surface area (Å²) in [5, 5.41) is 14.0. The van der Waals surface area contributed by atoms with Gasteiger partial charge in [-0.1, -0.05) is 6.07 Å². The van der Waals surface area contributed by atoms with Gasteiger partial charge in [-0.3, -0.25) is 9.89 Å². The zero-order valence-electron chi connectivity index (χ0n) is 11.7. The van der Waals surface area contributed by atoms with E-state index in [1.807, 2.05) is 18.2 Å². The number of hydrogen-bond donors (Lipinski definition) is 2. The molecule has 22 heavy (non-hydrogen) atoms. The van der Waals surface area contributed by atoms with E-state index >= 15 is 0 Å². The van der Waals surface area contributed by atoms with Crippen LogP contribution in [0, 0.1) is 0 Å². The monoisotopic (exact) mass is 298 g/mol. The molecule has 3 aromatic heterocycles. The van der Waals surface area contributed by atoms with Crippen LogP contribution in [0.2, 0.25) is 0 Å². The molecule has 1 amide bonds. The van der Waals surface area contributed by atoms with Gasteiger partial charge in [-0.15, -0.1) is 0 Å². The number of amides is 1. The van der Waals surface area contributed by atoms with E-state index in [1.165, 1.54) is 6.33 Å². The van der Waals surface area contributed by atoms with Gasteiger partial charge in [-0.05, 0) is 12.1 Å². The number of carbonyl (C=O) groups excluding carboxylic acids is 1. The smallest absolute Gasteiger partial charge is 0.272 e. The molecule has 0 saturated carbocycles. The summed E-state index contributed by atoms with van der Waals surface area (Å²) in [5.74, 6) is -0.222. The molecule has 0 saturated heterocycles. The molecule has 0 spiro atoms. The molecular weight excluding hydrogens is 284 g/mol. The molecule has 0 fully saturated rings. The Balaban J connectivity index is 1.53. The van der Waals surface area contributed by atoms with E-state index in [2.05, 4.69) is 25.6 Å². The topological polar surface area (TPSA) is 97.2 Å². The van der Waals surface area contributed by atoms with Gasteiger partial charge in [-0.2, -0.15) is 10.2 Å². The molecule has 8 nitrogen and oxygen atoms in total. The van der Waals surface area contributed by atoms with Crippen LogP contribution in [0.15, 0.2) is 24.5 Å². The second-order valence-electron chi connectivity index (χ2n) is 5.06. The molecule has 1 aliphatic rings. The third-order valence-electron chi connectivity index (χ3n) is 3.72. The van der Waals surface area contributed by atoms with Gasteiger partial charge in [0.05, 0.1) is 25.5 Å². The van der Waals surface area contributed by atoms with Gasteiger partial charge >= 0.3 is 0 Å². The summed E-state index contributed by atoms with van der Waals surface area (Å²) in [7, 11) is 0. The van der Waals surface area contributed by atoms with E-state index in [1.54, 1.807) is 4.52 Å². The van der Waals surface area contributed by atoms with E-state index in [0.29, 0.717) is 25.5 Å². The van der Waals surface area contributed by atoms with Crippen LogP contribution in [0.5, 0.6) is 0 Å². The summed E-state index contributed by atoms with van der Waals surface area (Å²) in [5.41, 5.74) is 3.83. The van der Waals surface area contributed by atoms with Crippen molar-refractivity contribution >= 4 is 11.6 Å². The number of pyridine rings is 1. The lowest BCUT2D eigenvalue weighted by molar-refractivity contribution is 0.0922. The minimum Gasteiger partial charge on any atom is -0.376 e. The number of aromatic nitrogens is 5. The lowest BCUT2D eigenvalue weighted by Crippen LogP contribution is -2.26. The normalized spacial score (nSPS) is 14.0. The Morgan fingerprint density at radius 1 is 1.45 bits per heavy atom. The first-order chi connectivity index (χ1) is 10.8. The summed E-state index contributed by atoms with van der Waals surface area (Å²) in [6.45, 7) is 1.43. The van der Waals surface area contributed by atoms with Crippen molar-refractivity contribution in [1.29, 1.82) is 0 Å². The molecule has 0 unspecified atom stereocenters. The van der Waals surface area contributed by atoms with Crippen LogP contribution in [-0.2, 0) is 24.3 Å². The average molecular weight is 298 g/mol. The highest BCUT2D eigenvalue weighted by atomic mass is 16.5. The van der Waals surface area contributed by atoms with Crippen molar-refractivity contribution in [3.63, 3.8) is 0 Å². The van der Waals surface area contributed by atoms with Crippen LogP contribution in [-0.4, -0.2) is 37.3 Å². The molecule has 2 N–H and O–H groups in total. The number of aromatic amines is 1. The molecule has 112 valence electrons. The first-order valence-corrected chi connectivity index (χ1v) is 7.02. The van der Waals surface area contributed by atoms with Gasteiger partial charge in [0, 0.05) is 17.7 Å². The van der Waals surface area contributed by atoms with Gasteiger partial charge in [0.25, 0.3) is 5.91 Å². The van der Waals surface area contributed by atoms with E-state index in [-0.39, 0.29) is 5.91 Å². The molecular formula is C14H14N6O2. The minimum absolute atomic E-state index is 0.222. The van der Waals surface area contributed by atoms with E-state index in [0.717, 1.165) is 29.0 Å². The molecule has 0 radical (unpaired) electrons. The number of H-pyrrole nitrogens is 1. The molecule has 0 bridgehead atoms. The fourth-order valence-corrected chi connectivity index (χ4v) is 2.59. The number of rotatable bonds is 3. The zero-order valence-corrected chi connectivity index (χ0v) is 11.7. The van der Waals surface area contributed by atoms with E-state index in [9.17, 15) is 4.79 Å². The Hall–Kier alpha value is -2.74. The Morgan fingerprint density at radius 3 is 3.36 bits per heavy atom. The van der Waals surface area contributed by atoms with Crippen LogP contribution < -0.4 is 5.32 Å². The molecule has 4 heterocycles. The predicted molar refractivity (Wildman–Crippen MR) is 76.1 cm³/mol. The van der Waals surface area contributed by atoms with E-state index in [4.69, 9.17) is 4.74 Å². The van der Waals surface area contributed by atoms with Crippen molar-refractivity contribution in [2.24, 2.45) is 0 Å². The van der Waals surface area contributed by atoms with Crippen LogP contribution >= 0.6 is 0 Å². The molecule has 3 aromatic rings. The Morgan fingerprint density at radius 2 is 2.41 bits per heavy atom. The minimum atomic E-state index is -0.222. The van der Waals surface area contributed by atoms with Gasteiger partial charge in [0.2, 0.25) is 0 Å². The van der Waals surface area contributed by atoms with Crippen LogP contribution in [0.3, 0.4) is 0 Å². The fourth-order valence-electron chi connectivity index (χ4n) is 2.59. The number of ether oxygens (including phenoxy) is 1. The highest BCUT2D eigenvalue weighted by Crippen LogP contribution is 2.18. The maximum atomic E-state index is 12.3. The molecule has 8 heteroatoms. The molecule has 0 atom stereocenters. The predicted octanol–water partition coefficient (Wildman–Crippen LogP) is 0.455. The van der Waals surface area contributed by atoms with Gasteiger partial charge in [0.15, 0.2) is 11.3 Å². The highest BCUT2D eigenvalue weighted by molar-refractivity contribution is 5.93. The number of fused-ring (bicyclic) bond motifs is 2. The quantitative estimate of drug-likeness (QED) is 0.732. The summed E-state index contributed by atoms with van der Waals surface area (Å²) in [6.07, 6.45) is 2.25. The van der Waals surface area contributed by atoms with Crippen LogP contribution in [0.25, 0.3) is 5.65 Å². The third-order valence-corrected chi connectivity index (χ3v) is 3.72. The Kier molecular flexibility index (Phi) is 3.08. The lowest BCUT2D eigenvalue weighted by Gasteiger charge is -2.12. The van der Waals surface area contributed by atoms with Gasteiger partial charge in [-0.25, -0.2) is 9.50 Å². The van der Waals surface area contributed by atoms with Crippen molar-refractivity contribution in [2.45, 2.75) is 19.6 Å². The number of nitrogens with zero attached hydrogens (tertiary/aromatic N) is 4. The van der Waals surface area contributed by atoms with Crippen molar-refractivity contribution in [1.82, 2.24) is 30.1 Å². The second kappa shape index (κ2) is 5.23. The molecule has 0 aromatic carbocycles. The number of carbonyl (C=O) groups is 1.